The second-order valence-electron chi connectivity index (χ2n) is 13.5. The molecule has 7 aliphatic rings. The van der Waals surface area contributed by atoms with Gasteiger partial charge in [-0.3, -0.25) is 14.5 Å². The van der Waals surface area contributed by atoms with Crippen molar-refractivity contribution in [1.29, 1.82) is 5.26 Å². The van der Waals surface area contributed by atoms with Crippen molar-refractivity contribution in [3.63, 3.8) is 0 Å². The highest BCUT2D eigenvalue weighted by Gasteiger charge is 2.84. The molecule has 2 unspecified atom stereocenters. The molecule has 10 heteroatoms. The lowest BCUT2D eigenvalue weighted by atomic mass is 9.55. The quantitative estimate of drug-likeness (QED) is 0.330. The maximum absolute atomic E-state index is 14.3. The molecule has 39 heavy (non-hydrogen) atoms. The lowest BCUT2D eigenvalue weighted by Crippen LogP contribution is -2.83. The van der Waals surface area contributed by atoms with Gasteiger partial charge >= 0.3 is 0 Å². The molecular formula is C29H33IN4O5. The first-order valence-electron chi connectivity index (χ1n) is 13.5. The highest BCUT2D eigenvalue weighted by atomic mass is 127. The molecule has 2 amide bonds. The molecule has 0 radical (unpaired) electrons. The maximum Gasteiger partial charge on any atom is 0.246 e. The summed E-state index contributed by atoms with van der Waals surface area (Å²) in [6, 6.07) is 5.63. The highest BCUT2D eigenvalue weighted by Crippen LogP contribution is 2.73. The largest absolute Gasteiger partial charge is 0.480 e. The van der Waals surface area contributed by atoms with Crippen LogP contribution in [-0.4, -0.2) is 72.6 Å². The first kappa shape index (κ1) is 25.6. The molecule has 2 N–H and O–H groups in total. The molecule has 6 aliphatic heterocycles. The number of carbonyl (C=O) groups is 2. The van der Waals surface area contributed by atoms with Crippen LogP contribution >= 0.6 is 22.6 Å². The Morgan fingerprint density at radius 2 is 1.92 bits per heavy atom. The van der Waals surface area contributed by atoms with Crippen molar-refractivity contribution in [2.24, 2.45) is 11.3 Å². The number of piperazine rings is 1. The zero-order chi connectivity index (χ0) is 28.1. The van der Waals surface area contributed by atoms with Crippen LogP contribution in [0.2, 0.25) is 0 Å². The number of nitrogens with one attached hydrogen (secondary N) is 1. The van der Waals surface area contributed by atoms with Gasteiger partial charge in [0, 0.05) is 13.6 Å². The maximum atomic E-state index is 14.3. The number of likely N-dealkylation sites (N-methyl/N-ethyl adjacent to an activating group) is 1. The van der Waals surface area contributed by atoms with E-state index in [1.54, 1.807) is 13.2 Å². The number of fused-ring (bicyclic) bond motifs is 5. The Morgan fingerprint density at radius 3 is 2.62 bits per heavy atom. The standard InChI is InChI=1S/C29H33IN4O5/c1-24(2)9-10-38-20-17(39-24)8-7-15-19(20)32-22(35)28(15)13-27-14-34-16(12-31)21(30)26(5,37)29(34,23(36)33(27)6)11-18(27)25(28,3)4/h7-10,16,18,21,37H,11,13-14H2,1-6H3,(H,32,35)/t16?,18-,21?,26+,27-,28-,29+/m1/s1. The molecule has 3 spiro atoms. The van der Waals surface area contributed by atoms with E-state index >= 15 is 0 Å². The Labute approximate surface area is 241 Å². The Kier molecular flexibility index (Phi) is 4.66. The van der Waals surface area contributed by atoms with Crippen molar-refractivity contribution in [3.8, 4) is 17.6 Å². The van der Waals surface area contributed by atoms with Crippen molar-refractivity contribution in [2.45, 2.75) is 85.1 Å². The monoisotopic (exact) mass is 644 g/mol. The topological polar surface area (TPSA) is 115 Å². The van der Waals surface area contributed by atoms with E-state index in [0.29, 0.717) is 36.6 Å². The number of carbonyl (C=O) groups excluding carboxylic acids is 2. The van der Waals surface area contributed by atoms with Crippen LogP contribution in [0.15, 0.2) is 24.5 Å². The summed E-state index contributed by atoms with van der Waals surface area (Å²) in [5.41, 5.74) is -3.97. The minimum atomic E-state index is -1.41. The molecule has 206 valence electrons. The third-order valence-electron chi connectivity index (χ3n) is 11.3. The summed E-state index contributed by atoms with van der Waals surface area (Å²) in [5.74, 6) is 0.667. The fourth-order valence-electron chi connectivity index (χ4n) is 9.24. The Morgan fingerprint density at radius 1 is 1.21 bits per heavy atom. The summed E-state index contributed by atoms with van der Waals surface area (Å²) in [6.07, 6.45) is 4.24. The summed E-state index contributed by atoms with van der Waals surface area (Å²) in [4.78, 5) is 32.3. The number of piperidine rings is 2. The number of aliphatic hydroxyl groups is 1. The van der Waals surface area contributed by atoms with Crippen LogP contribution < -0.4 is 14.8 Å². The van der Waals surface area contributed by atoms with E-state index in [1.807, 2.05) is 48.9 Å². The van der Waals surface area contributed by atoms with Crippen LogP contribution in [0.3, 0.4) is 0 Å². The van der Waals surface area contributed by atoms with Crippen molar-refractivity contribution < 1.29 is 24.2 Å². The minimum Gasteiger partial charge on any atom is -0.480 e. The molecule has 0 aromatic heterocycles. The number of rotatable bonds is 0. The first-order chi connectivity index (χ1) is 18.1. The van der Waals surface area contributed by atoms with Gasteiger partial charge in [-0.25, -0.2) is 0 Å². The molecule has 5 fully saturated rings. The number of halogens is 1. The zero-order valence-electron chi connectivity index (χ0n) is 23.0. The Balaban J connectivity index is 1.42. The second-order valence-corrected chi connectivity index (χ2v) is 14.9. The summed E-state index contributed by atoms with van der Waals surface area (Å²) in [5, 5.41) is 25.2. The average molecular weight is 645 g/mol. The average Bonchev–Trinajstić information content (AvgIpc) is 3.26. The number of hydrogen-bond acceptors (Lipinski definition) is 7. The van der Waals surface area contributed by atoms with Gasteiger partial charge in [-0.1, -0.05) is 42.5 Å². The molecule has 1 aliphatic carbocycles. The summed E-state index contributed by atoms with van der Waals surface area (Å²) in [6.45, 7) is 10.3. The normalized spacial score (nSPS) is 44.1. The van der Waals surface area contributed by atoms with Gasteiger partial charge in [0.2, 0.25) is 11.8 Å². The highest BCUT2D eigenvalue weighted by molar-refractivity contribution is 14.1. The summed E-state index contributed by atoms with van der Waals surface area (Å²) in [7, 11) is 1.81. The second kappa shape index (κ2) is 7.09. The Hall–Kier alpha value is -2.36. The van der Waals surface area contributed by atoms with Crippen molar-refractivity contribution >= 4 is 40.1 Å². The van der Waals surface area contributed by atoms with E-state index in [4.69, 9.17) is 9.47 Å². The van der Waals surface area contributed by atoms with Gasteiger partial charge in [-0.15, -0.1) is 0 Å². The van der Waals surface area contributed by atoms with Gasteiger partial charge < -0.3 is 24.8 Å². The van der Waals surface area contributed by atoms with Crippen LogP contribution in [0.25, 0.3) is 0 Å². The third kappa shape index (κ3) is 2.51. The van der Waals surface area contributed by atoms with Crippen LogP contribution in [0.5, 0.6) is 11.5 Å². The third-order valence-corrected chi connectivity index (χ3v) is 13.2. The lowest BCUT2D eigenvalue weighted by Gasteiger charge is -2.66. The van der Waals surface area contributed by atoms with E-state index < -0.39 is 43.1 Å². The molecule has 4 saturated heterocycles. The van der Waals surface area contributed by atoms with Gasteiger partial charge in [0.1, 0.15) is 22.8 Å². The van der Waals surface area contributed by atoms with Gasteiger partial charge in [-0.2, -0.15) is 5.26 Å². The molecule has 2 bridgehead atoms. The number of nitrogens with zero attached hydrogens (tertiary/aromatic N) is 3. The van der Waals surface area contributed by atoms with E-state index in [-0.39, 0.29) is 17.7 Å². The number of alkyl halides is 1. The number of benzene rings is 1. The molecule has 1 saturated carbocycles. The Bertz CT molecular complexity index is 1450. The predicted octanol–water partition coefficient (Wildman–Crippen LogP) is 3.10. The number of ether oxygens (including phenoxy) is 2. The molecular weight excluding hydrogens is 611 g/mol. The molecule has 7 atom stereocenters. The molecule has 9 nitrogen and oxygen atoms in total. The van der Waals surface area contributed by atoms with E-state index in [9.17, 15) is 20.0 Å². The fraction of sp³-hybridized carbons (Fsp3) is 0.621. The lowest BCUT2D eigenvalue weighted by molar-refractivity contribution is -0.207. The van der Waals surface area contributed by atoms with Gasteiger partial charge in [-0.05, 0) is 62.7 Å². The molecule has 1 aromatic rings. The van der Waals surface area contributed by atoms with Crippen LogP contribution in [0.4, 0.5) is 5.69 Å². The SMILES string of the molecule is CN1C(=O)[C@]23C[C@@H]4C(C)(C)[C@@]5(C[C@@]41CN2C(C#N)C(I)[C@]3(C)O)C(=O)Nc1c5ccc2c1OC=CC(C)(C)O2. The summed E-state index contributed by atoms with van der Waals surface area (Å²) >= 11 is 2.14. The predicted molar refractivity (Wildman–Crippen MR) is 151 cm³/mol. The number of nitriles is 1. The van der Waals surface area contributed by atoms with E-state index in [0.717, 1.165) is 5.56 Å². The molecule has 8 rings (SSSR count). The zero-order valence-corrected chi connectivity index (χ0v) is 25.1. The smallest absolute Gasteiger partial charge is 0.246 e. The molecule has 1 aromatic carbocycles. The van der Waals surface area contributed by atoms with E-state index in [1.165, 1.54) is 0 Å². The van der Waals surface area contributed by atoms with Crippen molar-refractivity contribution in [1.82, 2.24) is 9.80 Å². The van der Waals surface area contributed by atoms with Crippen molar-refractivity contribution in [2.75, 3.05) is 18.9 Å². The van der Waals surface area contributed by atoms with Crippen LogP contribution in [0.1, 0.15) is 53.0 Å². The minimum absolute atomic E-state index is 0.0945. The van der Waals surface area contributed by atoms with E-state index in [2.05, 4.69) is 47.8 Å². The molecule has 6 heterocycles. The number of hydrogen-bond donors (Lipinski definition) is 2. The van der Waals surface area contributed by atoms with Gasteiger partial charge in [0.05, 0.1) is 32.9 Å². The van der Waals surface area contributed by atoms with Crippen molar-refractivity contribution in [3.05, 3.63) is 30.0 Å². The number of anilines is 1. The first-order valence-corrected chi connectivity index (χ1v) is 14.7. The van der Waals surface area contributed by atoms with Gasteiger partial charge in [0.15, 0.2) is 11.5 Å². The van der Waals surface area contributed by atoms with Crippen LogP contribution in [0, 0.1) is 22.7 Å². The number of amides is 2. The van der Waals surface area contributed by atoms with Gasteiger partial charge in [0.25, 0.3) is 0 Å². The summed E-state index contributed by atoms with van der Waals surface area (Å²) < 4.78 is 11.8. The fourth-order valence-corrected chi connectivity index (χ4v) is 10.3. The van der Waals surface area contributed by atoms with Crippen LogP contribution in [-0.2, 0) is 15.0 Å².